The fourth-order valence-corrected chi connectivity index (χ4v) is 0.887. The molecule has 1 heterocycles. The fraction of sp³-hybridized carbons (Fsp3) is 0.300. The largest absolute Gasteiger partial charge is 0.480 e. The molecular formula is C10H12N2O3. The normalized spacial score (nSPS) is 10.3. The maximum absolute atomic E-state index is 10.8. The van der Waals surface area contributed by atoms with Gasteiger partial charge in [-0.2, -0.15) is 0 Å². The standard InChI is InChI=1S/C10H12N2O3/c1-14-9-7-6-8(11-12-9)4-3-5-10(13)15-2/h3-4,6-7H,5H2,1-2H3. The Morgan fingerprint density at radius 3 is 2.73 bits per heavy atom. The molecular weight excluding hydrogens is 196 g/mol. The molecule has 15 heavy (non-hydrogen) atoms. The van der Waals surface area contributed by atoms with Gasteiger partial charge in [0, 0.05) is 6.07 Å². The molecule has 1 rings (SSSR count). The van der Waals surface area contributed by atoms with Crippen LogP contribution in [0.25, 0.3) is 6.08 Å². The minimum atomic E-state index is -0.285. The van der Waals surface area contributed by atoms with E-state index in [1.54, 1.807) is 24.3 Å². The van der Waals surface area contributed by atoms with Gasteiger partial charge >= 0.3 is 5.97 Å². The summed E-state index contributed by atoms with van der Waals surface area (Å²) in [6.07, 6.45) is 3.59. The summed E-state index contributed by atoms with van der Waals surface area (Å²) in [7, 11) is 2.88. The van der Waals surface area contributed by atoms with Gasteiger partial charge < -0.3 is 9.47 Å². The van der Waals surface area contributed by atoms with Gasteiger partial charge in [0.05, 0.1) is 26.3 Å². The van der Waals surface area contributed by atoms with Gasteiger partial charge in [0.1, 0.15) is 0 Å². The second-order valence-corrected chi connectivity index (χ2v) is 2.68. The van der Waals surface area contributed by atoms with Crippen LogP contribution in [0.5, 0.6) is 5.88 Å². The summed E-state index contributed by atoms with van der Waals surface area (Å²) in [4.78, 5) is 10.8. The van der Waals surface area contributed by atoms with E-state index in [-0.39, 0.29) is 12.4 Å². The highest BCUT2D eigenvalue weighted by Crippen LogP contribution is 2.05. The van der Waals surface area contributed by atoms with Crippen LogP contribution in [0.1, 0.15) is 12.1 Å². The van der Waals surface area contributed by atoms with Crippen LogP contribution in [-0.2, 0) is 9.53 Å². The molecule has 1 aromatic rings. The first-order valence-electron chi connectivity index (χ1n) is 4.37. The Morgan fingerprint density at radius 2 is 2.20 bits per heavy atom. The molecule has 5 nitrogen and oxygen atoms in total. The van der Waals surface area contributed by atoms with Crippen LogP contribution >= 0.6 is 0 Å². The van der Waals surface area contributed by atoms with Gasteiger partial charge in [0.15, 0.2) is 0 Å². The summed E-state index contributed by atoms with van der Waals surface area (Å²) in [5.41, 5.74) is 0.666. The molecule has 0 aliphatic heterocycles. The summed E-state index contributed by atoms with van der Waals surface area (Å²) in [5, 5.41) is 7.63. The highest BCUT2D eigenvalue weighted by molar-refractivity contribution is 5.72. The molecule has 0 amide bonds. The molecule has 0 aliphatic rings. The van der Waals surface area contributed by atoms with E-state index in [1.165, 1.54) is 14.2 Å². The SMILES string of the molecule is COC(=O)CC=Cc1ccc(OC)nn1. The van der Waals surface area contributed by atoms with Crippen molar-refractivity contribution in [3.63, 3.8) is 0 Å². The fourth-order valence-electron chi connectivity index (χ4n) is 0.887. The van der Waals surface area contributed by atoms with E-state index in [9.17, 15) is 4.79 Å². The number of ether oxygens (including phenoxy) is 2. The minimum Gasteiger partial charge on any atom is -0.480 e. The predicted molar refractivity (Wildman–Crippen MR) is 54.3 cm³/mol. The first kappa shape index (κ1) is 11.2. The molecule has 0 aromatic carbocycles. The van der Waals surface area contributed by atoms with Crippen LogP contribution in [0, 0.1) is 0 Å². The molecule has 0 spiro atoms. The summed E-state index contributed by atoms with van der Waals surface area (Å²) in [5.74, 6) is 0.174. The van der Waals surface area contributed by atoms with Crippen molar-refractivity contribution in [2.45, 2.75) is 6.42 Å². The highest BCUT2D eigenvalue weighted by Gasteiger charge is 1.96. The van der Waals surface area contributed by atoms with Crippen LogP contribution in [0.2, 0.25) is 0 Å². The third kappa shape index (κ3) is 3.76. The number of esters is 1. The number of hydrogen-bond acceptors (Lipinski definition) is 5. The third-order valence-corrected chi connectivity index (χ3v) is 1.67. The van der Waals surface area contributed by atoms with Crippen molar-refractivity contribution in [3.05, 3.63) is 23.9 Å². The zero-order valence-electron chi connectivity index (χ0n) is 8.64. The minimum absolute atomic E-state index is 0.226. The Bertz CT molecular complexity index is 346. The molecule has 1 aromatic heterocycles. The first-order chi connectivity index (χ1) is 7.26. The van der Waals surface area contributed by atoms with Gasteiger partial charge in [0.25, 0.3) is 0 Å². The van der Waals surface area contributed by atoms with E-state index in [0.717, 1.165) is 0 Å². The van der Waals surface area contributed by atoms with Crippen molar-refractivity contribution < 1.29 is 14.3 Å². The van der Waals surface area contributed by atoms with E-state index in [4.69, 9.17) is 4.74 Å². The summed E-state index contributed by atoms with van der Waals surface area (Å²) in [6.45, 7) is 0. The van der Waals surface area contributed by atoms with Gasteiger partial charge in [-0.25, -0.2) is 0 Å². The number of aromatic nitrogens is 2. The van der Waals surface area contributed by atoms with Crippen LogP contribution < -0.4 is 4.74 Å². The molecule has 0 fully saturated rings. The molecule has 0 radical (unpaired) electrons. The van der Waals surface area contributed by atoms with Crippen LogP contribution in [-0.4, -0.2) is 30.4 Å². The average Bonchev–Trinajstić information content (AvgIpc) is 2.29. The lowest BCUT2D eigenvalue weighted by Crippen LogP contribution is -1.97. The smallest absolute Gasteiger partial charge is 0.309 e. The number of rotatable bonds is 4. The van der Waals surface area contributed by atoms with Crippen molar-refractivity contribution in [1.29, 1.82) is 0 Å². The Kier molecular flexibility index (Phi) is 4.28. The van der Waals surface area contributed by atoms with Gasteiger partial charge in [0.2, 0.25) is 5.88 Å². The van der Waals surface area contributed by atoms with Crippen LogP contribution in [0.4, 0.5) is 0 Å². The quantitative estimate of drug-likeness (QED) is 0.692. The van der Waals surface area contributed by atoms with E-state index in [0.29, 0.717) is 11.6 Å². The molecule has 0 aliphatic carbocycles. The van der Waals surface area contributed by atoms with Crippen molar-refractivity contribution in [1.82, 2.24) is 10.2 Å². The monoisotopic (exact) mass is 208 g/mol. The summed E-state index contributed by atoms with van der Waals surface area (Å²) in [6, 6.07) is 3.45. The molecule has 0 unspecified atom stereocenters. The maximum Gasteiger partial charge on any atom is 0.309 e. The number of methoxy groups -OCH3 is 2. The second kappa shape index (κ2) is 5.74. The number of carbonyl (C=O) groups is 1. The Labute approximate surface area is 87.7 Å². The molecule has 0 N–H and O–H groups in total. The van der Waals surface area contributed by atoms with Gasteiger partial charge in [-0.05, 0) is 12.1 Å². The summed E-state index contributed by atoms with van der Waals surface area (Å²) < 4.78 is 9.34. The van der Waals surface area contributed by atoms with E-state index in [1.807, 2.05) is 0 Å². The molecule has 0 atom stereocenters. The van der Waals surface area contributed by atoms with Crippen molar-refractivity contribution in [2.24, 2.45) is 0 Å². The van der Waals surface area contributed by atoms with Gasteiger partial charge in [-0.15, -0.1) is 10.2 Å². The van der Waals surface area contributed by atoms with Crippen molar-refractivity contribution in [2.75, 3.05) is 14.2 Å². The zero-order valence-corrected chi connectivity index (χ0v) is 8.64. The van der Waals surface area contributed by atoms with Crippen LogP contribution in [0.15, 0.2) is 18.2 Å². The van der Waals surface area contributed by atoms with E-state index >= 15 is 0 Å². The highest BCUT2D eigenvalue weighted by atomic mass is 16.5. The zero-order chi connectivity index (χ0) is 11.1. The number of nitrogens with zero attached hydrogens (tertiary/aromatic N) is 2. The number of carbonyl (C=O) groups excluding carboxylic acids is 1. The Hall–Kier alpha value is -1.91. The lowest BCUT2D eigenvalue weighted by molar-refractivity contribution is -0.139. The molecule has 5 heteroatoms. The topological polar surface area (TPSA) is 61.3 Å². The Balaban J connectivity index is 2.53. The Morgan fingerprint density at radius 1 is 1.40 bits per heavy atom. The second-order valence-electron chi connectivity index (χ2n) is 2.68. The maximum atomic E-state index is 10.8. The van der Waals surface area contributed by atoms with Gasteiger partial charge in [-0.1, -0.05) is 6.08 Å². The first-order valence-corrected chi connectivity index (χ1v) is 4.37. The predicted octanol–water partition coefficient (Wildman–Crippen LogP) is 1.06. The van der Waals surface area contributed by atoms with E-state index in [2.05, 4.69) is 14.9 Å². The molecule has 0 saturated heterocycles. The molecule has 0 bridgehead atoms. The lowest BCUT2D eigenvalue weighted by atomic mass is 10.3. The van der Waals surface area contributed by atoms with Crippen LogP contribution in [0.3, 0.4) is 0 Å². The third-order valence-electron chi connectivity index (χ3n) is 1.67. The van der Waals surface area contributed by atoms with Crippen molar-refractivity contribution >= 4 is 12.0 Å². The van der Waals surface area contributed by atoms with E-state index < -0.39 is 0 Å². The molecule has 80 valence electrons. The lowest BCUT2D eigenvalue weighted by Gasteiger charge is -1.96. The number of hydrogen-bond donors (Lipinski definition) is 0. The average molecular weight is 208 g/mol. The molecule has 0 saturated carbocycles. The van der Waals surface area contributed by atoms with Gasteiger partial charge in [-0.3, -0.25) is 4.79 Å². The van der Waals surface area contributed by atoms with Crippen molar-refractivity contribution in [3.8, 4) is 5.88 Å². The summed E-state index contributed by atoms with van der Waals surface area (Å²) >= 11 is 0.